The van der Waals surface area contributed by atoms with Gasteiger partial charge >= 0.3 is 0 Å². The van der Waals surface area contributed by atoms with Gasteiger partial charge in [0.15, 0.2) is 0 Å². The molecule has 0 bridgehead atoms. The summed E-state index contributed by atoms with van der Waals surface area (Å²) in [6, 6.07) is 4.32. The van der Waals surface area contributed by atoms with E-state index >= 15 is 0 Å². The number of ether oxygens (including phenoxy) is 1. The molecule has 2 rings (SSSR count). The van der Waals surface area contributed by atoms with Crippen LogP contribution in [0.3, 0.4) is 0 Å². The van der Waals surface area contributed by atoms with Crippen molar-refractivity contribution in [2.75, 3.05) is 13.1 Å². The molecule has 1 heterocycles. The van der Waals surface area contributed by atoms with Crippen molar-refractivity contribution in [1.82, 2.24) is 5.32 Å². The van der Waals surface area contributed by atoms with Crippen molar-refractivity contribution in [3.63, 3.8) is 0 Å². The molecule has 1 fully saturated rings. The van der Waals surface area contributed by atoms with Crippen LogP contribution in [0.4, 0.5) is 0 Å². The van der Waals surface area contributed by atoms with Crippen LogP contribution in [0.15, 0.2) is 12.1 Å². The molecule has 0 radical (unpaired) electrons. The first-order chi connectivity index (χ1) is 8.02. The van der Waals surface area contributed by atoms with E-state index in [1.165, 1.54) is 23.1 Å². The number of nitrogens with one attached hydrogen (secondary N) is 1. The Kier molecular flexibility index (Phi) is 3.43. The number of hydrogen-bond acceptors (Lipinski definition) is 2. The summed E-state index contributed by atoms with van der Waals surface area (Å²) in [6.45, 7) is 10.7. The zero-order valence-corrected chi connectivity index (χ0v) is 11.4. The fraction of sp³-hybridized carbons (Fsp3) is 0.600. The van der Waals surface area contributed by atoms with Gasteiger partial charge in [0.05, 0.1) is 0 Å². The lowest BCUT2D eigenvalue weighted by atomic mass is 9.95. The van der Waals surface area contributed by atoms with Gasteiger partial charge in [0.1, 0.15) is 11.4 Å². The van der Waals surface area contributed by atoms with Gasteiger partial charge in [-0.25, -0.2) is 0 Å². The standard InChI is InChI=1S/C15H23NO/c1-11-6-7-12(2)14(13(11)3)17-15(4)8-5-9-16-10-15/h6-7,16H,5,8-10H2,1-4H3. The summed E-state index contributed by atoms with van der Waals surface area (Å²) in [5.74, 6) is 1.08. The molecular formula is C15H23NO. The summed E-state index contributed by atoms with van der Waals surface area (Å²) < 4.78 is 6.32. The SMILES string of the molecule is Cc1ccc(C)c(OC2(C)CCCNC2)c1C. The molecule has 1 aliphatic heterocycles. The molecule has 0 saturated carbocycles. The van der Waals surface area contributed by atoms with Crippen LogP contribution in [0, 0.1) is 20.8 Å². The van der Waals surface area contributed by atoms with Gasteiger partial charge in [0.25, 0.3) is 0 Å². The number of benzene rings is 1. The molecule has 0 spiro atoms. The summed E-state index contributed by atoms with van der Waals surface area (Å²) in [5, 5.41) is 3.42. The minimum Gasteiger partial charge on any atom is -0.486 e. The van der Waals surface area contributed by atoms with Gasteiger partial charge in [-0.15, -0.1) is 0 Å². The van der Waals surface area contributed by atoms with Crippen molar-refractivity contribution < 1.29 is 4.74 Å². The van der Waals surface area contributed by atoms with Crippen LogP contribution >= 0.6 is 0 Å². The van der Waals surface area contributed by atoms with Crippen LogP contribution in [0.25, 0.3) is 0 Å². The Morgan fingerprint density at radius 3 is 2.53 bits per heavy atom. The Labute approximate surface area is 104 Å². The predicted molar refractivity (Wildman–Crippen MR) is 71.8 cm³/mol. The predicted octanol–water partition coefficient (Wildman–Crippen LogP) is 3.13. The van der Waals surface area contributed by atoms with E-state index in [0.717, 1.165) is 25.3 Å². The molecule has 17 heavy (non-hydrogen) atoms. The molecule has 1 atom stereocenters. The number of aryl methyl sites for hydroxylation is 2. The molecule has 0 aliphatic carbocycles. The second-order valence-electron chi connectivity index (χ2n) is 5.49. The van der Waals surface area contributed by atoms with E-state index in [2.05, 4.69) is 45.1 Å². The van der Waals surface area contributed by atoms with Crippen LogP contribution < -0.4 is 10.1 Å². The van der Waals surface area contributed by atoms with Crippen LogP contribution in [0.5, 0.6) is 5.75 Å². The molecule has 0 amide bonds. The molecule has 2 nitrogen and oxygen atoms in total. The molecule has 1 aromatic rings. The van der Waals surface area contributed by atoms with Gasteiger partial charge in [0.2, 0.25) is 0 Å². The van der Waals surface area contributed by atoms with E-state index in [0.29, 0.717) is 0 Å². The Balaban J connectivity index is 2.26. The van der Waals surface area contributed by atoms with E-state index in [9.17, 15) is 0 Å². The van der Waals surface area contributed by atoms with Crippen molar-refractivity contribution in [3.8, 4) is 5.75 Å². The summed E-state index contributed by atoms with van der Waals surface area (Å²) in [7, 11) is 0. The molecule has 1 unspecified atom stereocenters. The number of piperidine rings is 1. The molecule has 0 aromatic heterocycles. The van der Waals surface area contributed by atoms with Crippen molar-refractivity contribution in [3.05, 3.63) is 28.8 Å². The molecule has 1 aromatic carbocycles. The lowest BCUT2D eigenvalue weighted by Gasteiger charge is -2.36. The second kappa shape index (κ2) is 4.69. The zero-order valence-electron chi connectivity index (χ0n) is 11.4. The second-order valence-corrected chi connectivity index (χ2v) is 5.49. The third kappa shape index (κ3) is 2.63. The lowest BCUT2D eigenvalue weighted by Crippen LogP contribution is -2.47. The van der Waals surface area contributed by atoms with E-state index in [1.54, 1.807) is 0 Å². The highest BCUT2D eigenvalue weighted by Gasteiger charge is 2.29. The highest BCUT2D eigenvalue weighted by atomic mass is 16.5. The van der Waals surface area contributed by atoms with Crippen molar-refractivity contribution in [2.45, 2.75) is 46.1 Å². The molecule has 94 valence electrons. The largest absolute Gasteiger partial charge is 0.486 e. The van der Waals surface area contributed by atoms with E-state index in [-0.39, 0.29) is 5.60 Å². The smallest absolute Gasteiger partial charge is 0.126 e. The maximum absolute atomic E-state index is 6.32. The Morgan fingerprint density at radius 1 is 1.18 bits per heavy atom. The van der Waals surface area contributed by atoms with E-state index in [1.807, 2.05) is 0 Å². The fourth-order valence-electron chi connectivity index (χ4n) is 2.44. The first kappa shape index (κ1) is 12.4. The van der Waals surface area contributed by atoms with Crippen molar-refractivity contribution in [1.29, 1.82) is 0 Å². The molecule has 1 N–H and O–H groups in total. The van der Waals surface area contributed by atoms with Crippen LogP contribution in [0.2, 0.25) is 0 Å². The van der Waals surface area contributed by atoms with E-state index < -0.39 is 0 Å². The molecule has 1 saturated heterocycles. The number of rotatable bonds is 2. The third-order valence-corrected chi connectivity index (χ3v) is 3.78. The van der Waals surface area contributed by atoms with E-state index in [4.69, 9.17) is 4.74 Å². The average Bonchev–Trinajstić information content (AvgIpc) is 2.31. The minimum atomic E-state index is -0.0540. The van der Waals surface area contributed by atoms with Gasteiger partial charge in [0, 0.05) is 6.54 Å². The van der Waals surface area contributed by atoms with Crippen LogP contribution in [0.1, 0.15) is 36.5 Å². The Hall–Kier alpha value is -1.02. The normalized spacial score (nSPS) is 24.7. The summed E-state index contributed by atoms with van der Waals surface area (Å²) in [6.07, 6.45) is 2.33. The average molecular weight is 233 g/mol. The summed E-state index contributed by atoms with van der Waals surface area (Å²) in [5.41, 5.74) is 3.76. The summed E-state index contributed by atoms with van der Waals surface area (Å²) in [4.78, 5) is 0. The first-order valence-electron chi connectivity index (χ1n) is 6.48. The lowest BCUT2D eigenvalue weighted by molar-refractivity contribution is 0.0599. The van der Waals surface area contributed by atoms with Gasteiger partial charge in [-0.2, -0.15) is 0 Å². The maximum atomic E-state index is 6.32. The van der Waals surface area contributed by atoms with Crippen molar-refractivity contribution >= 4 is 0 Å². The highest BCUT2D eigenvalue weighted by Crippen LogP contribution is 2.31. The molecule has 1 aliphatic rings. The topological polar surface area (TPSA) is 21.3 Å². The van der Waals surface area contributed by atoms with Crippen LogP contribution in [-0.2, 0) is 0 Å². The van der Waals surface area contributed by atoms with Gasteiger partial charge in [-0.3, -0.25) is 0 Å². The Morgan fingerprint density at radius 2 is 1.88 bits per heavy atom. The third-order valence-electron chi connectivity index (χ3n) is 3.78. The van der Waals surface area contributed by atoms with Gasteiger partial charge in [-0.1, -0.05) is 12.1 Å². The highest BCUT2D eigenvalue weighted by molar-refractivity contribution is 5.45. The number of hydrogen-bond donors (Lipinski definition) is 1. The fourth-order valence-corrected chi connectivity index (χ4v) is 2.44. The quantitative estimate of drug-likeness (QED) is 0.847. The molecule has 2 heteroatoms. The van der Waals surface area contributed by atoms with Crippen LogP contribution in [-0.4, -0.2) is 18.7 Å². The van der Waals surface area contributed by atoms with Gasteiger partial charge in [-0.05, 0) is 63.8 Å². The van der Waals surface area contributed by atoms with Gasteiger partial charge < -0.3 is 10.1 Å². The maximum Gasteiger partial charge on any atom is 0.126 e. The first-order valence-corrected chi connectivity index (χ1v) is 6.48. The Bertz CT molecular complexity index is 406. The summed E-state index contributed by atoms with van der Waals surface area (Å²) >= 11 is 0. The van der Waals surface area contributed by atoms with Crippen molar-refractivity contribution in [2.24, 2.45) is 0 Å². The zero-order chi connectivity index (χ0) is 12.5. The molecular weight excluding hydrogens is 210 g/mol. The monoisotopic (exact) mass is 233 g/mol. The minimum absolute atomic E-state index is 0.0540.